The fourth-order valence-corrected chi connectivity index (χ4v) is 5.85. The van der Waals surface area contributed by atoms with Crippen molar-refractivity contribution in [3.05, 3.63) is 64.7 Å². The molecule has 2 aromatic carbocycles. The van der Waals surface area contributed by atoms with Crippen LogP contribution in [0.5, 0.6) is 0 Å². The highest BCUT2D eigenvalue weighted by atomic mass is 32.1. The lowest BCUT2D eigenvalue weighted by Crippen LogP contribution is -2.43. The molecule has 3 amide bonds. The maximum Gasteiger partial charge on any atom is 0.326 e. The van der Waals surface area contributed by atoms with Gasteiger partial charge < -0.3 is 5.32 Å². The first-order valence-electron chi connectivity index (χ1n) is 11.2. The molecule has 0 spiro atoms. The van der Waals surface area contributed by atoms with Crippen LogP contribution < -0.4 is 5.32 Å². The van der Waals surface area contributed by atoms with E-state index < -0.39 is 5.54 Å². The van der Waals surface area contributed by atoms with E-state index in [2.05, 4.69) is 30.1 Å². The van der Waals surface area contributed by atoms with Crippen LogP contribution in [0.1, 0.15) is 61.7 Å². The number of urea groups is 1. The van der Waals surface area contributed by atoms with Gasteiger partial charge in [-0.25, -0.2) is 14.7 Å². The lowest BCUT2D eigenvalue weighted by atomic mass is 9.90. The second-order valence-corrected chi connectivity index (χ2v) is 10.3. The summed E-state index contributed by atoms with van der Waals surface area (Å²) in [6.07, 6.45) is 2.01. The van der Waals surface area contributed by atoms with Crippen LogP contribution in [0.25, 0.3) is 10.2 Å². The van der Waals surface area contributed by atoms with Crippen molar-refractivity contribution < 1.29 is 9.59 Å². The summed E-state index contributed by atoms with van der Waals surface area (Å²) in [5.74, 6) is 0.214. The number of nitrogens with one attached hydrogen (secondary N) is 1. The molecule has 0 aliphatic carbocycles. The van der Waals surface area contributed by atoms with Gasteiger partial charge in [0.05, 0.1) is 22.9 Å². The number of rotatable bonds is 5. The summed E-state index contributed by atoms with van der Waals surface area (Å²) in [6, 6.07) is 15.9. The summed E-state index contributed by atoms with van der Waals surface area (Å²) < 4.78 is 1.17. The summed E-state index contributed by atoms with van der Waals surface area (Å²) in [5, 5.41) is 4.00. The minimum Gasteiger partial charge on any atom is -0.319 e. The number of para-hydroxylation sites is 1. The highest BCUT2D eigenvalue weighted by Crippen LogP contribution is 2.37. The van der Waals surface area contributed by atoms with Crippen LogP contribution in [0.3, 0.4) is 0 Å². The van der Waals surface area contributed by atoms with Crippen LogP contribution >= 0.6 is 11.3 Å². The predicted octanol–water partition coefficient (Wildman–Crippen LogP) is 4.98. The van der Waals surface area contributed by atoms with E-state index in [1.54, 1.807) is 18.3 Å². The highest BCUT2D eigenvalue weighted by Gasteiger charge is 2.50. The molecule has 2 atom stereocenters. The van der Waals surface area contributed by atoms with E-state index >= 15 is 0 Å². The van der Waals surface area contributed by atoms with Gasteiger partial charge in [-0.15, -0.1) is 11.3 Å². The maximum atomic E-state index is 13.4. The van der Waals surface area contributed by atoms with Crippen molar-refractivity contribution in [3.63, 3.8) is 0 Å². The zero-order chi connectivity index (χ0) is 22.5. The number of imide groups is 1. The van der Waals surface area contributed by atoms with Crippen LogP contribution in [0.2, 0.25) is 0 Å². The van der Waals surface area contributed by atoms with E-state index in [9.17, 15) is 9.59 Å². The Morgan fingerprint density at radius 3 is 2.62 bits per heavy atom. The number of aromatic nitrogens is 1. The van der Waals surface area contributed by atoms with Crippen molar-refractivity contribution in [2.45, 2.75) is 51.1 Å². The average molecular weight is 449 g/mol. The topological polar surface area (TPSA) is 65.5 Å². The van der Waals surface area contributed by atoms with Crippen LogP contribution in [-0.4, -0.2) is 39.9 Å². The van der Waals surface area contributed by atoms with Gasteiger partial charge >= 0.3 is 6.03 Å². The van der Waals surface area contributed by atoms with Crippen LogP contribution in [0, 0.1) is 0 Å². The number of amides is 3. The first-order chi connectivity index (χ1) is 15.4. The molecule has 1 N–H and O–H groups in total. The third-order valence-electron chi connectivity index (χ3n) is 6.71. The number of carbonyl (C=O) groups excluding carboxylic acids is 2. The standard InChI is InChI=1S/C25H28N4O2S/c1-16(2)17-10-12-18(13-11-17)25(3)23(30)29(24(31)27-25)15-28-14-6-8-20(28)22-26-19-7-4-5-9-21(19)32-22/h4-5,7,9-13,16,20H,6,8,14-15H2,1-3H3,(H,27,31)/t20-,25-/m1/s1. The Kier molecular flexibility index (Phi) is 5.26. The summed E-state index contributed by atoms with van der Waals surface area (Å²) in [5.41, 5.74) is 1.98. The molecule has 2 aliphatic heterocycles. The average Bonchev–Trinajstić information content (AvgIpc) is 3.47. The summed E-state index contributed by atoms with van der Waals surface area (Å²) in [6.45, 7) is 7.20. The summed E-state index contributed by atoms with van der Waals surface area (Å²) >= 11 is 1.70. The van der Waals surface area contributed by atoms with Crippen LogP contribution in [0.4, 0.5) is 4.79 Å². The Bertz CT molecular complexity index is 1140. The molecule has 2 aliphatic rings. The Hall–Kier alpha value is -2.77. The first-order valence-corrected chi connectivity index (χ1v) is 12.0. The van der Waals surface area contributed by atoms with Crippen molar-refractivity contribution in [2.24, 2.45) is 0 Å². The largest absolute Gasteiger partial charge is 0.326 e. The SMILES string of the molecule is CC(C)c1ccc([C@@]2(C)NC(=O)N(CN3CCC[C@@H]3c3nc4ccccc4s3)C2=O)cc1. The number of fused-ring (bicyclic) bond motifs is 1. The summed E-state index contributed by atoms with van der Waals surface area (Å²) in [4.78, 5) is 34.7. The molecule has 32 heavy (non-hydrogen) atoms. The molecule has 2 fully saturated rings. The Morgan fingerprint density at radius 1 is 1.16 bits per heavy atom. The van der Waals surface area contributed by atoms with Gasteiger partial charge in [0.1, 0.15) is 10.5 Å². The van der Waals surface area contributed by atoms with Gasteiger partial charge in [-0.2, -0.15) is 0 Å². The Balaban J connectivity index is 1.36. The predicted molar refractivity (Wildman–Crippen MR) is 126 cm³/mol. The lowest BCUT2D eigenvalue weighted by molar-refractivity contribution is -0.132. The van der Waals surface area contributed by atoms with Crippen molar-refractivity contribution in [2.75, 3.05) is 13.2 Å². The number of hydrogen-bond donors (Lipinski definition) is 1. The Morgan fingerprint density at radius 2 is 1.91 bits per heavy atom. The molecule has 0 bridgehead atoms. The van der Waals surface area contributed by atoms with E-state index in [0.29, 0.717) is 5.92 Å². The van der Waals surface area contributed by atoms with Gasteiger partial charge in [0.15, 0.2) is 0 Å². The van der Waals surface area contributed by atoms with Gasteiger partial charge in [-0.05, 0) is 48.9 Å². The monoisotopic (exact) mass is 448 g/mol. The number of nitrogens with zero attached hydrogens (tertiary/aromatic N) is 3. The minimum atomic E-state index is -1.04. The van der Waals surface area contributed by atoms with Gasteiger partial charge in [0.2, 0.25) is 0 Å². The number of hydrogen-bond acceptors (Lipinski definition) is 5. The van der Waals surface area contributed by atoms with E-state index in [1.807, 2.05) is 42.5 Å². The van der Waals surface area contributed by atoms with Crippen molar-refractivity contribution in [1.29, 1.82) is 0 Å². The summed E-state index contributed by atoms with van der Waals surface area (Å²) in [7, 11) is 0. The Labute approximate surface area is 192 Å². The quantitative estimate of drug-likeness (QED) is 0.559. The molecule has 5 rings (SSSR count). The van der Waals surface area contributed by atoms with Crippen LogP contribution in [0.15, 0.2) is 48.5 Å². The zero-order valence-corrected chi connectivity index (χ0v) is 19.5. The van der Waals surface area contributed by atoms with Crippen molar-refractivity contribution >= 4 is 33.5 Å². The highest BCUT2D eigenvalue weighted by molar-refractivity contribution is 7.18. The normalized spacial score (nSPS) is 24.1. The molecule has 7 heteroatoms. The van der Waals surface area contributed by atoms with Gasteiger partial charge in [-0.3, -0.25) is 9.69 Å². The number of benzene rings is 2. The fourth-order valence-electron chi connectivity index (χ4n) is 4.71. The van der Waals surface area contributed by atoms with Gasteiger partial charge in [0.25, 0.3) is 5.91 Å². The number of thiazole rings is 1. The van der Waals surface area contributed by atoms with E-state index in [0.717, 1.165) is 35.5 Å². The van der Waals surface area contributed by atoms with E-state index in [4.69, 9.17) is 4.98 Å². The molecule has 3 heterocycles. The van der Waals surface area contributed by atoms with Crippen LogP contribution in [-0.2, 0) is 10.3 Å². The molecule has 3 aromatic rings. The smallest absolute Gasteiger partial charge is 0.319 e. The molecule has 0 radical (unpaired) electrons. The lowest BCUT2D eigenvalue weighted by Gasteiger charge is -2.27. The minimum absolute atomic E-state index is 0.130. The molecule has 6 nitrogen and oxygen atoms in total. The van der Waals surface area contributed by atoms with E-state index in [-0.39, 0.29) is 24.6 Å². The molecular weight excluding hydrogens is 420 g/mol. The third-order valence-corrected chi connectivity index (χ3v) is 7.85. The first kappa shape index (κ1) is 21.1. The van der Waals surface area contributed by atoms with E-state index in [1.165, 1.54) is 15.2 Å². The zero-order valence-electron chi connectivity index (χ0n) is 18.7. The molecule has 0 saturated carbocycles. The second kappa shape index (κ2) is 7.98. The molecule has 166 valence electrons. The van der Waals surface area contributed by atoms with Crippen molar-refractivity contribution in [3.8, 4) is 0 Å². The fraction of sp³-hybridized carbons (Fsp3) is 0.400. The molecular formula is C25H28N4O2S. The van der Waals surface area contributed by atoms with Gasteiger partial charge in [-0.1, -0.05) is 50.2 Å². The molecule has 1 aromatic heterocycles. The molecule has 2 saturated heterocycles. The van der Waals surface area contributed by atoms with Gasteiger partial charge in [0, 0.05) is 6.54 Å². The number of carbonyl (C=O) groups is 2. The molecule has 0 unspecified atom stereocenters. The maximum absolute atomic E-state index is 13.4. The number of likely N-dealkylation sites (tertiary alicyclic amines) is 1. The third kappa shape index (κ3) is 3.49. The second-order valence-electron chi connectivity index (χ2n) is 9.20. The van der Waals surface area contributed by atoms with Crippen molar-refractivity contribution in [1.82, 2.24) is 20.1 Å².